The molecule has 1 aliphatic heterocycles. The molecule has 1 aliphatic rings. The Morgan fingerprint density at radius 2 is 1.83 bits per heavy atom. The molecule has 0 bridgehead atoms. The van der Waals surface area contributed by atoms with Crippen LogP contribution in [-0.4, -0.2) is 0 Å². The first-order valence-electron chi connectivity index (χ1n) is 6.09. The maximum atomic E-state index is 3.51. The van der Waals surface area contributed by atoms with Crippen molar-refractivity contribution in [3.63, 3.8) is 0 Å². The summed E-state index contributed by atoms with van der Waals surface area (Å²) in [6.07, 6.45) is 2.14. The molecule has 18 heavy (non-hydrogen) atoms. The van der Waals surface area contributed by atoms with Crippen LogP contribution in [0.5, 0.6) is 0 Å². The highest BCUT2D eigenvalue weighted by molar-refractivity contribution is 7.99. The topological polar surface area (TPSA) is 12.0 Å². The van der Waals surface area contributed by atoms with Crippen LogP contribution in [0.3, 0.4) is 0 Å². The molecule has 0 unspecified atom stereocenters. The van der Waals surface area contributed by atoms with E-state index in [-0.39, 0.29) is 0 Å². The summed E-state index contributed by atoms with van der Waals surface area (Å²) in [7, 11) is 0. The number of allylic oxidation sites excluding steroid dienone is 2. The van der Waals surface area contributed by atoms with Gasteiger partial charge in [0.25, 0.3) is 0 Å². The zero-order valence-corrected chi connectivity index (χ0v) is 11.3. The van der Waals surface area contributed by atoms with Gasteiger partial charge in [0.1, 0.15) is 0 Å². The predicted molar refractivity (Wildman–Crippen MR) is 79.6 cm³/mol. The maximum Gasteiger partial charge on any atom is 0.0532 e. The molecule has 1 heterocycles. The Kier molecular flexibility index (Phi) is 2.88. The van der Waals surface area contributed by atoms with E-state index < -0.39 is 0 Å². The van der Waals surface area contributed by atoms with Crippen molar-refractivity contribution in [2.45, 2.75) is 23.6 Å². The fourth-order valence-electron chi connectivity index (χ4n) is 2.05. The molecule has 0 atom stereocenters. The Labute approximate surface area is 112 Å². The van der Waals surface area contributed by atoms with Gasteiger partial charge in [-0.1, -0.05) is 36.0 Å². The van der Waals surface area contributed by atoms with Gasteiger partial charge < -0.3 is 5.32 Å². The normalized spacial score (nSPS) is 13.6. The highest BCUT2D eigenvalue weighted by atomic mass is 32.2. The molecule has 0 radical (unpaired) electrons. The van der Waals surface area contributed by atoms with Crippen molar-refractivity contribution in [1.82, 2.24) is 0 Å². The largest absolute Gasteiger partial charge is 0.354 e. The van der Waals surface area contributed by atoms with Crippen molar-refractivity contribution in [2.75, 3.05) is 5.32 Å². The van der Waals surface area contributed by atoms with E-state index in [1.165, 1.54) is 32.3 Å². The summed E-state index contributed by atoms with van der Waals surface area (Å²) in [6.45, 7) is 4.22. The van der Waals surface area contributed by atoms with E-state index >= 15 is 0 Å². The van der Waals surface area contributed by atoms with Crippen LogP contribution in [0.2, 0.25) is 0 Å². The standard InChI is InChI=1S/C16H15NS/c1-3-11(2)12-8-9-16-14(10-12)17-13-6-4-5-7-15(13)18-16/h3-10,17H,1-2H3/b11-3-. The first-order valence-corrected chi connectivity index (χ1v) is 6.91. The molecule has 0 amide bonds. The summed E-state index contributed by atoms with van der Waals surface area (Å²) < 4.78 is 0. The smallest absolute Gasteiger partial charge is 0.0532 e. The van der Waals surface area contributed by atoms with E-state index in [4.69, 9.17) is 0 Å². The van der Waals surface area contributed by atoms with Gasteiger partial charge >= 0.3 is 0 Å². The molecule has 0 aliphatic carbocycles. The van der Waals surface area contributed by atoms with Gasteiger partial charge in [-0.05, 0) is 49.2 Å². The van der Waals surface area contributed by atoms with Crippen molar-refractivity contribution in [2.24, 2.45) is 0 Å². The van der Waals surface area contributed by atoms with Crippen LogP contribution in [0.15, 0.2) is 58.3 Å². The Morgan fingerprint density at radius 3 is 2.67 bits per heavy atom. The third kappa shape index (κ3) is 1.93. The molecule has 1 N–H and O–H groups in total. The van der Waals surface area contributed by atoms with E-state index in [0.717, 1.165) is 0 Å². The van der Waals surface area contributed by atoms with Gasteiger partial charge in [0.2, 0.25) is 0 Å². The second-order valence-corrected chi connectivity index (χ2v) is 5.49. The lowest BCUT2D eigenvalue weighted by atomic mass is 10.1. The summed E-state index contributed by atoms with van der Waals surface area (Å²) in [5.74, 6) is 0. The van der Waals surface area contributed by atoms with Crippen LogP contribution in [0.4, 0.5) is 11.4 Å². The van der Waals surface area contributed by atoms with Crippen molar-refractivity contribution < 1.29 is 0 Å². The van der Waals surface area contributed by atoms with Crippen LogP contribution in [0.1, 0.15) is 19.4 Å². The van der Waals surface area contributed by atoms with E-state index in [2.05, 4.69) is 67.7 Å². The highest BCUT2D eigenvalue weighted by Gasteiger charge is 2.15. The van der Waals surface area contributed by atoms with E-state index in [1.807, 2.05) is 11.8 Å². The van der Waals surface area contributed by atoms with Crippen molar-refractivity contribution in [3.8, 4) is 0 Å². The predicted octanol–water partition coefficient (Wildman–Crippen LogP) is 5.32. The lowest BCUT2D eigenvalue weighted by Gasteiger charge is -2.21. The number of hydrogen-bond acceptors (Lipinski definition) is 2. The fraction of sp³-hybridized carbons (Fsp3) is 0.125. The fourth-order valence-corrected chi connectivity index (χ4v) is 3.02. The maximum absolute atomic E-state index is 3.51. The van der Waals surface area contributed by atoms with Gasteiger partial charge in [-0.15, -0.1) is 0 Å². The summed E-state index contributed by atoms with van der Waals surface area (Å²) in [5, 5.41) is 3.51. The molecule has 0 spiro atoms. The average Bonchev–Trinajstić information content (AvgIpc) is 2.43. The molecule has 1 nitrogen and oxygen atoms in total. The van der Waals surface area contributed by atoms with Gasteiger partial charge in [0, 0.05) is 9.79 Å². The molecular weight excluding hydrogens is 238 g/mol. The molecule has 2 aromatic rings. The summed E-state index contributed by atoms with van der Waals surface area (Å²) >= 11 is 1.83. The van der Waals surface area contributed by atoms with Crippen molar-refractivity contribution in [3.05, 3.63) is 54.1 Å². The van der Waals surface area contributed by atoms with Crippen LogP contribution in [0.25, 0.3) is 5.57 Å². The highest BCUT2D eigenvalue weighted by Crippen LogP contribution is 2.44. The van der Waals surface area contributed by atoms with Crippen LogP contribution in [0, 0.1) is 0 Å². The third-order valence-corrected chi connectivity index (χ3v) is 4.40. The number of para-hydroxylation sites is 1. The Bertz CT molecular complexity index is 629. The number of nitrogens with one attached hydrogen (secondary N) is 1. The van der Waals surface area contributed by atoms with Gasteiger partial charge in [0.15, 0.2) is 0 Å². The number of hydrogen-bond donors (Lipinski definition) is 1. The zero-order chi connectivity index (χ0) is 12.5. The van der Waals surface area contributed by atoms with Crippen LogP contribution >= 0.6 is 11.8 Å². The van der Waals surface area contributed by atoms with E-state index in [1.54, 1.807) is 0 Å². The lowest BCUT2D eigenvalue weighted by Crippen LogP contribution is -1.99. The second-order valence-electron chi connectivity index (χ2n) is 4.41. The minimum atomic E-state index is 1.20. The van der Waals surface area contributed by atoms with Crippen molar-refractivity contribution >= 4 is 28.7 Å². The number of anilines is 2. The Hall–Kier alpha value is -1.67. The summed E-state index contributed by atoms with van der Waals surface area (Å²) in [6, 6.07) is 15.0. The lowest BCUT2D eigenvalue weighted by molar-refractivity contribution is 1.31. The first kappa shape index (κ1) is 11.4. The molecule has 0 saturated heterocycles. The Balaban J connectivity index is 2.03. The van der Waals surface area contributed by atoms with Gasteiger partial charge in [-0.2, -0.15) is 0 Å². The minimum absolute atomic E-state index is 1.20. The molecule has 0 fully saturated rings. The Morgan fingerprint density at radius 1 is 1.06 bits per heavy atom. The molecule has 0 saturated carbocycles. The number of rotatable bonds is 1. The number of fused-ring (bicyclic) bond motifs is 2. The number of benzene rings is 2. The van der Waals surface area contributed by atoms with Crippen molar-refractivity contribution in [1.29, 1.82) is 0 Å². The van der Waals surface area contributed by atoms with Gasteiger partial charge in [0.05, 0.1) is 11.4 Å². The van der Waals surface area contributed by atoms with Gasteiger partial charge in [-0.3, -0.25) is 0 Å². The molecular formula is C16H15NS. The minimum Gasteiger partial charge on any atom is -0.354 e. The zero-order valence-electron chi connectivity index (χ0n) is 10.5. The monoisotopic (exact) mass is 253 g/mol. The quantitative estimate of drug-likeness (QED) is 0.630. The van der Waals surface area contributed by atoms with Crippen LogP contribution in [-0.2, 0) is 0 Å². The molecule has 0 aromatic heterocycles. The first-order chi connectivity index (χ1) is 8.78. The molecule has 90 valence electrons. The van der Waals surface area contributed by atoms with E-state index in [9.17, 15) is 0 Å². The second kappa shape index (κ2) is 4.54. The molecule has 3 rings (SSSR count). The van der Waals surface area contributed by atoms with Gasteiger partial charge in [-0.25, -0.2) is 0 Å². The average molecular weight is 253 g/mol. The molecule has 2 aromatic carbocycles. The third-order valence-electron chi connectivity index (χ3n) is 3.24. The van der Waals surface area contributed by atoms with E-state index in [0.29, 0.717) is 0 Å². The SMILES string of the molecule is C/C=C(/C)c1ccc2c(c1)Nc1ccccc1S2. The van der Waals surface area contributed by atoms with Crippen LogP contribution < -0.4 is 5.32 Å². The summed E-state index contributed by atoms with van der Waals surface area (Å²) in [4.78, 5) is 2.59. The molecule has 2 heteroatoms. The summed E-state index contributed by atoms with van der Waals surface area (Å²) in [5.41, 5.74) is 5.00.